The van der Waals surface area contributed by atoms with E-state index >= 15 is 0 Å². The molecule has 1 aromatic carbocycles. The van der Waals surface area contributed by atoms with Crippen LogP contribution in [0.4, 0.5) is 0 Å². The van der Waals surface area contributed by atoms with Crippen molar-refractivity contribution in [2.75, 3.05) is 6.61 Å². The molecule has 0 unspecified atom stereocenters. The van der Waals surface area contributed by atoms with Crippen LogP contribution in [-0.2, 0) is 0 Å². The van der Waals surface area contributed by atoms with Crippen LogP contribution in [0, 0.1) is 0 Å². The Labute approximate surface area is 89.0 Å². The Morgan fingerprint density at radius 1 is 1.46 bits per heavy atom. The molecule has 0 saturated heterocycles. The molecule has 13 heavy (non-hydrogen) atoms. The molecule has 4 heteroatoms. The number of rotatable bonds is 0. The van der Waals surface area contributed by atoms with Gasteiger partial charge in [0.05, 0.1) is 17.2 Å². The van der Waals surface area contributed by atoms with E-state index in [-0.39, 0.29) is 5.78 Å². The van der Waals surface area contributed by atoms with Crippen molar-refractivity contribution in [2.45, 2.75) is 6.42 Å². The van der Waals surface area contributed by atoms with Gasteiger partial charge >= 0.3 is 0 Å². The molecule has 0 fully saturated rings. The number of ether oxygens (including phenoxy) is 1. The number of ketones is 1. The first-order chi connectivity index (χ1) is 6.18. The fraction of sp³-hybridized carbons (Fsp3) is 0.222. The van der Waals surface area contributed by atoms with Gasteiger partial charge in [-0.15, -0.1) is 0 Å². The Morgan fingerprint density at radius 3 is 3.00 bits per heavy atom. The molecule has 68 valence electrons. The summed E-state index contributed by atoms with van der Waals surface area (Å²) in [7, 11) is 0. The van der Waals surface area contributed by atoms with E-state index < -0.39 is 0 Å². The van der Waals surface area contributed by atoms with Crippen LogP contribution in [0.25, 0.3) is 0 Å². The van der Waals surface area contributed by atoms with Gasteiger partial charge in [0.15, 0.2) is 5.78 Å². The number of hydrogen-bond donors (Lipinski definition) is 0. The van der Waals surface area contributed by atoms with E-state index in [1.807, 2.05) is 0 Å². The molecule has 1 aliphatic heterocycles. The normalized spacial score (nSPS) is 15.1. The number of carbonyl (C=O) groups excluding carboxylic acids is 1. The first kappa shape index (κ1) is 9.03. The molecular weight excluding hydrogens is 255 g/mol. The van der Waals surface area contributed by atoms with E-state index in [0.29, 0.717) is 29.4 Å². The first-order valence-electron chi connectivity index (χ1n) is 3.83. The number of fused-ring (bicyclic) bond motifs is 1. The molecule has 2 rings (SSSR count). The molecule has 0 amide bonds. The van der Waals surface area contributed by atoms with Crippen molar-refractivity contribution in [3.8, 4) is 5.75 Å². The largest absolute Gasteiger partial charge is 0.491 e. The summed E-state index contributed by atoms with van der Waals surface area (Å²) in [5.41, 5.74) is 0.575. The third kappa shape index (κ3) is 1.58. The molecule has 0 aliphatic carbocycles. The van der Waals surface area contributed by atoms with Gasteiger partial charge in [-0.25, -0.2) is 0 Å². The average Bonchev–Trinajstić information content (AvgIpc) is 2.07. The van der Waals surface area contributed by atoms with Gasteiger partial charge < -0.3 is 4.74 Å². The Balaban J connectivity index is 2.63. The molecule has 0 radical (unpaired) electrons. The summed E-state index contributed by atoms with van der Waals surface area (Å²) in [4.78, 5) is 11.4. The molecule has 0 atom stereocenters. The summed E-state index contributed by atoms with van der Waals surface area (Å²) in [5.74, 6) is 0.602. The average molecular weight is 262 g/mol. The molecule has 0 N–H and O–H groups in total. The minimum absolute atomic E-state index is 0.0875. The van der Waals surface area contributed by atoms with Crippen LogP contribution in [0.15, 0.2) is 16.6 Å². The lowest BCUT2D eigenvalue weighted by molar-refractivity contribution is 0.0933. The van der Waals surface area contributed by atoms with Crippen LogP contribution in [0.3, 0.4) is 0 Å². The summed E-state index contributed by atoms with van der Waals surface area (Å²) in [5, 5.41) is 0.484. The zero-order valence-electron chi connectivity index (χ0n) is 6.64. The lowest BCUT2D eigenvalue weighted by atomic mass is 10.1. The van der Waals surface area contributed by atoms with E-state index in [9.17, 15) is 4.79 Å². The number of Topliss-reactive ketones (excluding diaryl/α,β-unsaturated/α-hetero) is 1. The Morgan fingerprint density at radius 2 is 2.23 bits per heavy atom. The van der Waals surface area contributed by atoms with Gasteiger partial charge in [-0.05, 0) is 12.1 Å². The third-order valence-corrected chi connectivity index (χ3v) is 2.62. The van der Waals surface area contributed by atoms with Crippen LogP contribution < -0.4 is 4.74 Å². The number of benzene rings is 1. The maximum atomic E-state index is 11.4. The fourth-order valence-electron chi connectivity index (χ4n) is 1.29. The SMILES string of the molecule is O=C1CCOc2c(Cl)cc(Br)cc21. The standard InChI is InChI=1S/C9H6BrClO2/c10-5-3-6-8(12)1-2-13-9(6)7(11)4-5/h3-4H,1-2H2. The van der Waals surface area contributed by atoms with Gasteiger partial charge in [0.25, 0.3) is 0 Å². The summed E-state index contributed by atoms with van der Waals surface area (Å²) in [6.07, 6.45) is 0.430. The smallest absolute Gasteiger partial charge is 0.170 e. The summed E-state index contributed by atoms with van der Waals surface area (Å²) < 4.78 is 6.11. The number of halogens is 2. The van der Waals surface area contributed by atoms with Crippen molar-refractivity contribution in [3.63, 3.8) is 0 Å². The van der Waals surface area contributed by atoms with Gasteiger partial charge in [-0.1, -0.05) is 27.5 Å². The van der Waals surface area contributed by atoms with E-state index in [1.165, 1.54) is 0 Å². The maximum absolute atomic E-state index is 11.4. The molecule has 1 aromatic rings. The highest BCUT2D eigenvalue weighted by molar-refractivity contribution is 9.10. The lowest BCUT2D eigenvalue weighted by Gasteiger charge is -2.17. The molecule has 0 bridgehead atoms. The van der Waals surface area contributed by atoms with Crippen LogP contribution in [-0.4, -0.2) is 12.4 Å². The van der Waals surface area contributed by atoms with Crippen LogP contribution in [0.2, 0.25) is 5.02 Å². The topological polar surface area (TPSA) is 26.3 Å². The monoisotopic (exact) mass is 260 g/mol. The minimum Gasteiger partial charge on any atom is -0.491 e. The van der Waals surface area contributed by atoms with E-state index in [1.54, 1.807) is 12.1 Å². The van der Waals surface area contributed by atoms with Crippen molar-refractivity contribution in [3.05, 3.63) is 27.2 Å². The quantitative estimate of drug-likeness (QED) is 0.717. The molecule has 1 heterocycles. The van der Waals surface area contributed by atoms with Crippen molar-refractivity contribution in [1.82, 2.24) is 0 Å². The summed E-state index contributed by atoms with van der Waals surface area (Å²) in [6.45, 7) is 0.424. The predicted octanol–water partition coefficient (Wildman–Crippen LogP) is 3.07. The zero-order chi connectivity index (χ0) is 9.42. The van der Waals surface area contributed by atoms with Gasteiger partial charge in [0.1, 0.15) is 5.75 Å². The molecule has 1 aliphatic rings. The van der Waals surface area contributed by atoms with E-state index in [0.717, 1.165) is 4.47 Å². The van der Waals surface area contributed by atoms with Crippen molar-refractivity contribution in [2.24, 2.45) is 0 Å². The van der Waals surface area contributed by atoms with Crippen LogP contribution in [0.1, 0.15) is 16.8 Å². The first-order valence-corrected chi connectivity index (χ1v) is 5.00. The highest BCUT2D eigenvalue weighted by atomic mass is 79.9. The van der Waals surface area contributed by atoms with Gasteiger partial charge in [0.2, 0.25) is 0 Å². The van der Waals surface area contributed by atoms with Crippen molar-refractivity contribution >= 4 is 33.3 Å². The number of hydrogen-bond acceptors (Lipinski definition) is 2. The second-order valence-electron chi connectivity index (χ2n) is 2.79. The van der Waals surface area contributed by atoms with Crippen LogP contribution >= 0.6 is 27.5 Å². The second-order valence-corrected chi connectivity index (χ2v) is 4.11. The van der Waals surface area contributed by atoms with E-state index in [4.69, 9.17) is 16.3 Å². The molecule has 0 spiro atoms. The highest BCUT2D eigenvalue weighted by Crippen LogP contribution is 2.35. The third-order valence-electron chi connectivity index (χ3n) is 1.88. The van der Waals surface area contributed by atoms with Crippen LogP contribution in [0.5, 0.6) is 5.75 Å². The van der Waals surface area contributed by atoms with E-state index in [2.05, 4.69) is 15.9 Å². The second kappa shape index (κ2) is 3.31. The zero-order valence-corrected chi connectivity index (χ0v) is 8.98. The molecule has 0 saturated carbocycles. The van der Waals surface area contributed by atoms with Crippen molar-refractivity contribution < 1.29 is 9.53 Å². The molecule has 2 nitrogen and oxygen atoms in total. The number of carbonyl (C=O) groups is 1. The van der Waals surface area contributed by atoms with Gasteiger partial charge in [-0.2, -0.15) is 0 Å². The molecule has 0 aromatic heterocycles. The fourth-order valence-corrected chi connectivity index (χ4v) is 2.16. The Hall–Kier alpha value is -0.540. The summed E-state index contributed by atoms with van der Waals surface area (Å²) in [6, 6.07) is 3.46. The summed E-state index contributed by atoms with van der Waals surface area (Å²) >= 11 is 9.18. The minimum atomic E-state index is 0.0875. The Kier molecular flexibility index (Phi) is 2.30. The predicted molar refractivity (Wildman–Crippen MR) is 53.6 cm³/mol. The van der Waals surface area contributed by atoms with Gasteiger partial charge in [0, 0.05) is 10.9 Å². The Bertz CT molecular complexity index is 376. The molecular formula is C9H6BrClO2. The maximum Gasteiger partial charge on any atom is 0.170 e. The lowest BCUT2D eigenvalue weighted by Crippen LogP contribution is -2.15. The highest BCUT2D eigenvalue weighted by Gasteiger charge is 2.21. The van der Waals surface area contributed by atoms with Gasteiger partial charge in [-0.3, -0.25) is 4.79 Å². The van der Waals surface area contributed by atoms with Crippen molar-refractivity contribution in [1.29, 1.82) is 0 Å².